The Labute approximate surface area is 90.6 Å². The summed E-state index contributed by atoms with van der Waals surface area (Å²) >= 11 is 0. The van der Waals surface area contributed by atoms with E-state index in [1.165, 1.54) is 12.5 Å². The Balaban J connectivity index is 2.83. The van der Waals surface area contributed by atoms with Crippen LogP contribution in [0.2, 0.25) is 0 Å². The lowest BCUT2D eigenvalue weighted by molar-refractivity contribution is -0.146. The maximum atomic E-state index is 10.9. The molecular formula is C13H16O2. The predicted octanol–water partition coefficient (Wildman–Crippen LogP) is 3.18. The second kappa shape index (κ2) is 5.35. The first kappa shape index (κ1) is 11.5. The van der Waals surface area contributed by atoms with E-state index in [9.17, 15) is 4.79 Å². The summed E-state index contributed by atoms with van der Waals surface area (Å²) in [5.74, 6) is -0.262. The second-order valence-corrected chi connectivity index (χ2v) is 3.53. The molecule has 0 amide bonds. The number of carbonyl (C=O) groups excluding carboxylic acids is 1. The van der Waals surface area contributed by atoms with Gasteiger partial charge in [-0.25, -0.2) is 0 Å². The van der Waals surface area contributed by atoms with Crippen LogP contribution < -0.4 is 0 Å². The van der Waals surface area contributed by atoms with E-state index in [2.05, 4.69) is 6.58 Å². The van der Waals surface area contributed by atoms with Gasteiger partial charge in [0.15, 0.2) is 0 Å². The molecule has 0 saturated heterocycles. The zero-order valence-electron chi connectivity index (χ0n) is 9.19. The smallest absolute Gasteiger partial charge is 0.303 e. The molecular weight excluding hydrogens is 188 g/mol. The van der Waals surface area contributed by atoms with Gasteiger partial charge in [-0.1, -0.05) is 35.9 Å². The molecule has 0 bridgehead atoms. The minimum absolute atomic E-state index is 0.208. The second-order valence-electron chi connectivity index (χ2n) is 3.53. The fraction of sp³-hybridized carbons (Fsp3) is 0.308. The van der Waals surface area contributed by atoms with Gasteiger partial charge in [0.1, 0.15) is 6.10 Å². The summed E-state index contributed by atoms with van der Waals surface area (Å²) in [6.45, 7) is 7.11. The lowest BCUT2D eigenvalue weighted by Crippen LogP contribution is -2.07. The number of ether oxygens (including phenoxy) is 1. The van der Waals surface area contributed by atoms with Gasteiger partial charge in [-0.2, -0.15) is 0 Å². The van der Waals surface area contributed by atoms with Gasteiger partial charge >= 0.3 is 5.97 Å². The highest BCUT2D eigenvalue weighted by Gasteiger charge is 2.12. The molecule has 1 aromatic rings. The van der Waals surface area contributed by atoms with Crippen LogP contribution >= 0.6 is 0 Å². The van der Waals surface area contributed by atoms with Gasteiger partial charge in [0.2, 0.25) is 0 Å². The molecule has 0 unspecified atom stereocenters. The van der Waals surface area contributed by atoms with Gasteiger partial charge in [0.05, 0.1) is 0 Å². The van der Waals surface area contributed by atoms with Crippen molar-refractivity contribution in [3.05, 3.63) is 48.0 Å². The molecule has 0 N–H and O–H groups in total. The lowest BCUT2D eigenvalue weighted by atomic mass is 10.0. The standard InChI is InChI=1S/C13H16O2/c1-4-5-13(15-11(3)14)12-8-6-10(2)7-9-12/h4,6-9,13H,1,5H2,2-3H3/t13-/m1/s1. The minimum Gasteiger partial charge on any atom is -0.457 e. The molecule has 80 valence electrons. The number of carbonyl (C=O) groups is 1. The Bertz CT molecular complexity index is 338. The molecule has 0 aliphatic rings. The van der Waals surface area contributed by atoms with Crippen molar-refractivity contribution in [2.75, 3.05) is 0 Å². The highest BCUT2D eigenvalue weighted by Crippen LogP contribution is 2.22. The van der Waals surface area contributed by atoms with Crippen molar-refractivity contribution in [2.24, 2.45) is 0 Å². The molecule has 0 spiro atoms. The third kappa shape index (κ3) is 3.58. The Hall–Kier alpha value is -1.57. The quantitative estimate of drug-likeness (QED) is 0.556. The lowest BCUT2D eigenvalue weighted by Gasteiger charge is -2.15. The Morgan fingerprint density at radius 2 is 2.07 bits per heavy atom. The summed E-state index contributed by atoms with van der Waals surface area (Å²) in [6.07, 6.45) is 2.19. The first-order valence-corrected chi connectivity index (χ1v) is 4.98. The van der Waals surface area contributed by atoms with Crippen molar-refractivity contribution in [2.45, 2.75) is 26.4 Å². The third-order valence-corrected chi connectivity index (χ3v) is 2.14. The van der Waals surface area contributed by atoms with E-state index >= 15 is 0 Å². The topological polar surface area (TPSA) is 26.3 Å². The highest BCUT2D eigenvalue weighted by atomic mass is 16.5. The van der Waals surface area contributed by atoms with E-state index in [0.29, 0.717) is 6.42 Å². The third-order valence-electron chi connectivity index (χ3n) is 2.14. The van der Waals surface area contributed by atoms with E-state index in [4.69, 9.17) is 4.74 Å². The Morgan fingerprint density at radius 1 is 1.47 bits per heavy atom. The molecule has 0 heterocycles. The number of hydrogen-bond donors (Lipinski definition) is 0. The molecule has 1 rings (SSSR count). The minimum atomic E-state index is -0.262. The molecule has 0 radical (unpaired) electrons. The first-order chi connectivity index (χ1) is 7.13. The van der Waals surface area contributed by atoms with Gasteiger partial charge in [-0.15, -0.1) is 6.58 Å². The molecule has 2 heteroatoms. The van der Waals surface area contributed by atoms with Crippen LogP contribution in [0.3, 0.4) is 0 Å². The maximum Gasteiger partial charge on any atom is 0.303 e. The highest BCUT2D eigenvalue weighted by molar-refractivity contribution is 5.66. The number of esters is 1. The monoisotopic (exact) mass is 204 g/mol. The van der Waals surface area contributed by atoms with Gasteiger partial charge in [-0.3, -0.25) is 4.79 Å². The number of rotatable bonds is 4. The van der Waals surface area contributed by atoms with Crippen LogP contribution in [0.25, 0.3) is 0 Å². The predicted molar refractivity (Wildman–Crippen MR) is 60.5 cm³/mol. The average Bonchev–Trinajstić information content (AvgIpc) is 2.17. The van der Waals surface area contributed by atoms with Crippen molar-refractivity contribution >= 4 is 5.97 Å². The van der Waals surface area contributed by atoms with Crippen LogP contribution in [0.4, 0.5) is 0 Å². The molecule has 0 aromatic heterocycles. The van der Waals surface area contributed by atoms with Gasteiger partial charge in [0, 0.05) is 13.3 Å². The van der Waals surface area contributed by atoms with Crippen molar-refractivity contribution in [3.63, 3.8) is 0 Å². The summed E-state index contributed by atoms with van der Waals surface area (Å²) < 4.78 is 5.21. The van der Waals surface area contributed by atoms with E-state index < -0.39 is 0 Å². The van der Waals surface area contributed by atoms with Crippen molar-refractivity contribution < 1.29 is 9.53 Å². The Kier molecular flexibility index (Phi) is 4.10. The summed E-state index contributed by atoms with van der Waals surface area (Å²) in [6, 6.07) is 7.97. The van der Waals surface area contributed by atoms with Crippen LogP contribution in [-0.2, 0) is 9.53 Å². The van der Waals surface area contributed by atoms with Crippen LogP contribution in [0.1, 0.15) is 30.6 Å². The van der Waals surface area contributed by atoms with Crippen LogP contribution in [0, 0.1) is 6.92 Å². The molecule has 1 atom stereocenters. The van der Waals surface area contributed by atoms with Gasteiger partial charge < -0.3 is 4.74 Å². The zero-order chi connectivity index (χ0) is 11.3. The molecule has 0 aliphatic heterocycles. The molecule has 2 nitrogen and oxygen atoms in total. The fourth-order valence-electron chi connectivity index (χ4n) is 1.39. The van der Waals surface area contributed by atoms with Crippen LogP contribution in [-0.4, -0.2) is 5.97 Å². The number of aryl methyl sites for hydroxylation is 1. The summed E-state index contributed by atoms with van der Waals surface area (Å²) in [5, 5.41) is 0. The molecule has 15 heavy (non-hydrogen) atoms. The summed E-state index contributed by atoms with van der Waals surface area (Å²) in [7, 11) is 0. The fourth-order valence-corrected chi connectivity index (χ4v) is 1.39. The van der Waals surface area contributed by atoms with Crippen molar-refractivity contribution in [1.29, 1.82) is 0 Å². The van der Waals surface area contributed by atoms with Crippen LogP contribution in [0.5, 0.6) is 0 Å². The molecule has 1 aromatic carbocycles. The summed E-state index contributed by atoms with van der Waals surface area (Å²) in [5.41, 5.74) is 2.20. The van der Waals surface area contributed by atoms with Crippen molar-refractivity contribution in [3.8, 4) is 0 Å². The van der Waals surface area contributed by atoms with E-state index in [1.54, 1.807) is 6.08 Å². The summed E-state index contributed by atoms with van der Waals surface area (Å²) in [4.78, 5) is 10.9. The largest absolute Gasteiger partial charge is 0.457 e. The normalized spacial score (nSPS) is 11.9. The average molecular weight is 204 g/mol. The maximum absolute atomic E-state index is 10.9. The zero-order valence-corrected chi connectivity index (χ0v) is 9.19. The number of hydrogen-bond acceptors (Lipinski definition) is 2. The van der Waals surface area contributed by atoms with E-state index in [0.717, 1.165) is 5.56 Å². The van der Waals surface area contributed by atoms with Gasteiger partial charge in [-0.05, 0) is 12.5 Å². The van der Waals surface area contributed by atoms with E-state index in [-0.39, 0.29) is 12.1 Å². The Morgan fingerprint density at radius 3 is 2.53 bits per heavy atom. The van der Waals surface area contributed by atoms with Crippen LogP contribution in [0.15, 0.2) is 36.9 Å². The molecule has 0 saturated carbocycles. The van der Waals surface area contributed by atoms with E-state index in [1.807, 2.05) is 31.2 Å². The van der Waals surface area contributed by atoms with Crippen molar-refractivity contribution in [1.82, 2.24) is 0 Å². The number of benzene rings is 1. The SMILES string of the molecule is C=CC[C@@H](OC(C)=O)c1ccc(C)cc1. The van der Waals surface area contributed by atoms with Gasteiger partial charge in [0.25, 0.3) is 0 Å². The molecule has 0 fully saturated rings. The molecule has 0 aliphatic carbocycles. The first-order valence-electron chi connectivity index (χ1n) is 4.98.